The molecule has 2 heterocycles. The number of methoxy groups -OCH3 is 2. The Morgan fingerprint density at radius 2 is 2.12 bits per heavy atom. The Balaban J connectivity index is 1.51. The Bertz CT molecular complexity index is 894. The highest BCUT2D eigenvalue weighted by molar-refractivity contribution is 7.10. The van der Waals surface area contributed by atoms with E-state index in [1.54, 1.807) is 14.2 Å². The molecule has 4 nitrogen and oxygen atoms in total. The number of ether oxygens (including phenoxy) is 2. The van der Waals surface area contributed by atoms with Gasteiger partial charge >= 0.3 is 0 Å². The van der Waals surface area contributed by atoms with Crippen LogP contribution < -0.4 is 14.8 Å². The van der Waals surface area contributed by atoms with Gasteiger partial charge in [0.1, 0.15) is 17.3 Å². The molecule has 5 heteroatoms. The Morgan fingerprint density at radius 3 is 2.84 bits per heavy atom. The molecule has 1 fully saturated rings. The van der Waals surface area contributed by atoms with Gasteiger partial charge in [0, 0.05) is 34.4 Å². The van der Waals surface area contributed by atoms with Gasteiger partial charge in [-0.15, -0.1) is 11.3 Å². The fourth-order valence-corrected chi connectivity index (χ4v) is 4.43. The number of thiophene rings is 1. The summed E-state index contributed by atoms with van der Waals surface area (Å²) in [5.74, 6) is 3.08. The molecular weight excluding hydrogens is 332 g/mol. The summed E-state index contributed by atoms with van der Waals surface area (Å²) in [5.41, 5.74) is 1.20. The third-order valence-electron chi connectivity index (χ3n) is 5.22. The van der Waals surface area contributed by atoms with Gasteiger partial charge in [0.15, 0.2) is 0 Å². The lowest BCUT2D eigenvalue weighted by Crippen LogP contribution is -2.11. The average molecular weight is 354 g/mol. The van der Waals surface area contributed by atoms with Crippen molar-refractivity contribution in [2.45, 2.75) is 18.8 Å². The average Bonchev–Trinajstić information content (AvgIpc) is 3.04. The molecule has 25 heavy (non-hydrogen) atoms. The Labute approximate surface area is 151 Å². The summed E-state index contributed by atoms with van der Waals surface area (Å²) in [4.78, 5) is 6.22. The van der Waals surface area contributed by atoms with E-state index in [-0.39, 0.29) is 0 Å². The van der Waals surface area contributed by atoms with Gasteiger partial charge in [0.25, 0.3) is 0 Å². The van der Waals surface area contributed by atoms with Gasteiger partial charge in [-0.3, -0.25) is 0 Å². The van der Waals surface area contributed by atoms with Crippen molar-refractivity contribution >= 4 is 28.1 Å². The van der Waals surface area contributed by atoms with Crippen molar-refractivity contribution in [3.63, 3.8) is 0 Å². The van der Waals surface area contributed by atoms with Crippen molar-refractivity contribution in [2.75, 3.05) is 26.1 Å². The Hall–Kier alpha value is -2.27. The van der Waals surface area contributed by atoms with Crippen molar-refractivity contribution in [1.82, 2.24) is 4.98 Å². The molecule has 130 valence electrons. The number of hydrogen-bond donors (Lipinski definition) is 1. The van der Waals surface area contributed by atoms with E-state index < -0.39 is 0 Å². The Morgan fingerprint density at radius 1 is 1.24 bits per heavy atom. The van der Waals surface area contributed by atoms with E-state index in [1.807, 2.05) is 35.6 Å². The minimum absolute atomic E-state index is 0.324. The number of hydrogen-bond acceptors (Lipinski definition) is 5. The second-order valence-corrected chi connectivity index (χ2v) is 7.72. The third-order valence-corrected chi connectivity index (χ3v) is 6.37. The van der Waals surface area contributed by atoms with E-state index in [1.165, 1.54) is 11.3 Å². The van der Waals surface area contributed by atoms with Crippen LogP contribution in [0.4, 0.5) is 5.82 Å². The molecule has 1 aromatic carbocycles. The van der Waals surface area contributed by atoms with E-state index in [0.717, 1.165) is 34.8 Å². The van der Waals surface area contributed by atoms with Crippen LogP contribution in [0.25, 0.3) is 10.9 Å². The zero-order valence-electron chi connectivity index (χ0n) is 14.7. The van der Waals surface area contributed by atoms with Crippen LogP contribution in [0.5, 0.6) is 11.5 Å². The number of pyridine rings is 1. The predicted molar refractivity (Wildman–Crippen MR) is 103 cm³/mol. The molecule has 0 saturated heterocycles. The molecule has 3 aromatic rings. The van der Waals surface area contributed by atoms with Gasteiger partial charge in [0.2, 0.25) is 0 Å². The number of nitrogens with one attached hydrogen (secondary N) is 1. The number of fused-ring (bicyclic) bond motifs is 1. The summed E-state index contributed by atoms with van der Waals surface area (Å²) in [7, 11) is 3.32. The zero-order chi connectivity index (χ0) is 17.4. The first-order valence-electron chi connectivity index (χ1n) is 8.44. The molecule has 2 unspecified atom stereocenters. The van der Waals surface area contributed by atoms with Crippen molar-refractivity contribution in [1.29, 1.82) is 0 Å². The molecule has 4 rings (SSSR count). The second-order valence-electron chi connectivity index (χ2n) is 6.77. The molecule has 0 amide bonds. The molecule has 2 atom stereocenters. The summed E-state index contributed by atoms with van der Waals surface area (Å²) in [5, 5.41) is 6.65. The van der Waals surface area contributed by atoms with Crippen molar-refractivity contribution < 1.29 is 9.47 Å². The molecule has 0 bridgehead atoms. The lowest BCUT2D eigenvalue weighted by Gasteiger charge is -2.12. The minimum Gasteiger partial charge on any atom is -0.497 e. The largest absolute Gasteiger partial charge is 0.497 e. The van der Waals surface area contributed by atoms with E-state index in [9.17, 15) is 0 Å². The maximum Gasteiger partial charge on any atom is 0.131 e. The zero-order valence-corrected chi connectivity index (χ0v) is 15.5. The number of anilines is 1. The highest BCUT2D eigenvalue weighted by atomic mass is 32.1. The first kappa shape index (κ1) is 16.2. The van der Waals surface area contributed by atoms with Gasteiger partial charge < -0.3 is 14.8 Å². The van der Waals surface area contributed by atoms with Gasteiger partial charge in [0.05, 0.1) is 19.7 Å². The van der Waals surface area contributed by atoms with Crippen LogP contribution in [0.2, 0.25) is 0 Å². The Kier molecular flexibility index (Phi) is 4.04. The smallest absolute Gasteiger partial charge is 0.131 e. The summed E-state index contributed by atoms with van der Waals surface area (Å²) in [6, 6.07) is 12.3. The van der Waals surface area contributed by atoms with Crippen molar-refractivity contribution in [3.05, 3.63) is 46.7 Å². The molecule has 1 aliphatic carbocycles. The SMILES string of the molecule is COc1cc(OC)c2ccc(NCC3CC3(C)c3cccs3)nc2c1. The number of rotatable bonds is 6. The van der Waals surface area contributed by atoms with E-state index in [0.29, 0.717) is 11.3 Å². The standard InChI is InChI=1S/C20H22N2O2S/c1-20(18-5-4-8-25-18)11-13(20)12-21-19-7-6-15-16(22-19)9-14(23-2)10-17(15)24-3/h4-10,13H,11-12H2,1-3H3,(H,21,22). The van der Waals surface area contributed by atoms with Gasteiger partial charge in [-0.25, -0.2) is 4.98 Å². The first-order valence-corrected chi connectivity index (χ1v) is 9.32. The number of benzene rings is 1. The molecule has 0 radical (unpaired) electrons. The normalized spacial score (nSPS) is 22.0. The highest BCUT2D eigenvalue weighted by Crippen LogP contribution is 2.55. The molecular formula is C20H22N2O2S. The monoisotopic (exact) mass is 354 g/mol. The predicted octanol–water partition coefficient (Wildman–Crippen LogP) is 4.70. The van der Waals surface area contributed by atoms with Gasteiger partial charge in [-0.05, 0) is 35.9 Å². The molecule has 1 aliphatic rings. The molecule has 0 aliphatic heterocycles. The molecule has 0 spiro atoms. The van der Waals surface area contributed by atoms with Crippen LogP contribution in [-0.2, 0) is 5.41 Å². The molecule has 1 saturated carbocycles. The lowest BCUT2D eigenvalue weighted by molar-refractivity contribution is 0.398. The summed E-state index contributed by atoms with van der Waals surface area (Å²) >= 11 is 1.86. The third kappa shape index (κ3) is 2.93. The van der Waals surface area contributed by atoms with Crippen LogP contribution in [0.15, 0.2) is 41.8 Å². The summed E-state index contributed by atoms with van der Waals surface area (Å²) < 4.78 is 10.8. The topological polar surface area (TPSA) is 43.4 Å². The summed E-state index contributed by atoms with van der Waals surface area (Å²) in [6.45, 7) is 3.29. The van der Waals surface area contributed by atoms with Gasteiger partial charge in [-0.1, -0.05) is 13.0 Å². The number of aromatic nitrogens is 1. The molecule has 1 N–H and O–H groups in total. The second kappa shape index (κ2) is 6.23. The number of nitrogens with zero attached hydrogens (tertiary/aromatic N) is 1. The quantitative estimate of drug-likeness (QED) is 0.697. The van der Waals surface area contributed by atoms with E-state index >= 15 is 0 Å². The highest BCUT2D eigenvalue weighted by Gasteiger charge is 2.51. The lowest BCUT2D eigenvalue weighted by atomic mass is 10.0. The fraction of sp³-hybridized carbons (Fsp3) is 0.350. The van der Waals surface area contributed by atoms with Crippen LogP contribution in [0, 0.1) is 5.92 Å². The molecule has 2 aromatic heterocycles. The van der Waals surface area contributed by atoms with Crippen LogP contribution >= 0.6 is 11.3 Å². The van der Waals surface area contributed by atoms with E-state index in [4.69, 9.17) is 14.5 Å². The van der Waals surface area contributed by atoms with Crippen LogP contribution in [0.3, 0.4) is 0 Å². The fourth-order valence-electron chi connectivity index (χ4n) is 3.45. The minimum atomic E-state index is 0.324. The maximum atomic E-state index is 5.45. The van der Waals surface area contributed by atoms with Crippen LogP contribution in [0.1, 0.15) is 18.2 Å². The van der Waals surface area contributed by atoms with E-state index in [2.05, 4.69) is 29.8 Å². The van der Waals surface area contributed by atoms with Crippen LogP contribution in [-0.4, -0.2) is 25.7 Å². The van der Waals surface area contributed by atoms with Crippen molar-refractivity contribution in [3.8, 4) is 11.5 Å². The van der Waals surface area contributed by atoms with Crippen molar-refractivity contribution in [2.24, 2.45) is 5.92 Å². The first-order chi connectivity index (χ1) is 12.1. The maximum absolute atomic E-state index is 5.45. The van der Waals surface area contributed by atoms with Gasteiger partial charge in [-0.2, -0.15) is 0 Å². The summed E-state index contributed by atoms with van der Waals surface area (Å²) in [6.07, 6.45) is 1.23.